The molecule has 0 aliphatic carbocycles. The van der Waals surface area contributed by atoms with Gasteiger partial charge in [0.1, 0.15) is 6.54 Å². The van der Waals surface area contributed by atoms with E-state index in [1.165, 1.54) is 16.3 Å². The minimum atomic E-state index is -0.535. The van der Waals surface area contributed by atoms with Gasteiger partial charge in [-0.25, -0.2) is 4.79 Å². The fourth-order valence-corrected chi connectivity index (χ4v) is 4.38. The molecular weight excluding hydrogens is 356 g/mol. The Morgan fingerprint density at radius 2 is 1.89 bits per heavy atom. The van der Waals surface area contributed by atoms with Crippen molar-refractivity contribution in [1.82, 2.24) is 19.4 Å². The number of carbonyl (C=O) groups is 1. The predicted octanol–water partition coefficient (Wildman–Crippen LogP) is 0.968. The topological polar surface area (TPSA) is 78.4 Å². The number of piperidine rings is 1. The maximum Gasteiger partial charge on any atom is 0.328 e. The number of aromatic nitrogens is 2. The van der Waals surface area contributed by atoms with E-state index in [9.17, 15) is 14.4 Å². The molecule has 1 aromatic carbocycles. The molecular formula is C21H26N4O3. The molecule has 2 aromatic rings. The molecule has 3 aliphatic rings. The molecule has 28 heavy (non-hydrogen) atoms. The molecule has 1 N–H and O–H groups in total. The highest BCUT2D eigenvalue weighted by molar-refractivity contribution is 5.76. The maximum atomic E-state index is 12.9. The van der Waals surface area contributed by atoms with Gasteiger partial charge in [-0.1, -0.05) is 30.3 Å². The van der Waals surface area contributed by atoms with Gasteiger partial charge in [-0.3, -0.25) is 24.0 Å². The second-order valence-electron chi connectivity index (χ2n) is 8.01. The minimum absolute atomic E-state index is 0.0332. The maximum absolute atomic E-state index is 12.9. The minimum Gasteiger partial charge on any atom is -0.339 e. The van der Waals surface area contributed by atoms with Gasteiger partial charge in [-0.2, -0.15) is 0 Å². The van der Waals surface area contributed by atoms with Crippen molar-refractivity contribution in [1.29, 1.82) is 0 Å². The van der Waals surface area contributed by atoms with Gasteiger partial charge in [0, 0.05) is 44.0 Å². The lowest BCUT2D eigenvalue weighted by atomic mass is 9.94. The van der Waals surface area contributed by atoms with Crippen molar-refractivity contribution in [3.8, 4) is 0 Å². The number of hydrogen-bond donors (Lipinski definition) is 1. The van der Waals surface area contributed by atoms with Crippen LogP contribution in [0.3, 0.4) is 0 Å². The number of H-pyrrole nitrogens is 1. The molecule has 4 heterocycles. The van der Waals surface area contributed by atoms with Crippen molar-refractivity contribution < 1.29 is 4.79 Å². The highest BCUT2D eigenvalue weighted by Crippen LogP contribution is 2.29. The van der Waals surface area contributed by atoms with Crippen LogP contribution in [-0.2, 0) is 17.9 Å². The first-order valence-electron chi connectivity index (χ1n) is 9.85. The summed E-state index contributed by atoms with van der Waals surface area (Å²) in [5, 5.41) is 0. The van der Waals surface area contributed by atoms with Crippen LogP contribution in [0.4, 0.5) is 0 Å². The Morgan fingerprint density at radius 1 is 1.11 bits per heavy atom. The molecule has 3 fully saturated rings. The highest BCUT2D eigenvalue weighted by atomic mass is 16.2. The molecule has 7 heteroatoms. The SMILES string of the molecule is Cc1cn(CC(=O)N2C[C@@H]3CC[C@H](C2)N(Cc2ccccc2)C3)c(=O)[nH]c1=O. The quantitative estimate of drug-likeness (QED) is 0.855. The Hall–Kier alpha value is -2.67. The predicted molar refractivity (Wildman–Crippen MR) is 106 cm³/mol. The summed E-state index contributed by atoms with van der Waals surface area (Å²) in [4.78, 5) is 43.1. The summed E-state index contributed by atoms with van der Waals surface area (Å²) in [6, 6.07) is 10.8. The van der Waals surface area contributed by atoms with E-state index in [2.05, 4.69) is 34.1 Å². The number of nitrogens with zero attached hydrogens (tertiary/aromatic N) is 3. The van der Waals surface area contributed by atoms with Crippen LogP contribution in [0.15, 0.2) is 46.1 Å². The molecule has 5 rings (SSSR count). The number of hydrogen-bond acceptors (Lipinski definition) is 4. The number of rotatable bonds is 4. The number of aryl methyl sites for hydroxylation is 1. The molecule has 1 amide bonds. The standard InChI is InChI=1S/C21H26N4O3/c1-15-9-25(21(28)22-20(15)27)14-19(26)24-12-17-7-8-18(13-24)23(11-17)10-16-5-3-2-4-6-16/h2-6,9,17-18H,7-8,10-14H2,1H3,(H,22,27,28)/t17-,18-/m1/s1. The van der Waals surface area contributed by atoms with Crippen molar-refractivity contribution in [3.05, 3.63) is 68.5 Å². The Labute approximate surface area is 163 Å². The normalized spacial score (nSPS) is 22.2. The number of carbonyl (C=O) groups excluding carboxylic acids is 1. The third kappa shape index (κ3) is 3.94. The molecule has 3 aliphatic heterocycles. The van der Waals surface area contributed by atoms with Crippen LogP contribution >= 0.6 is 0 Å². The van der Waals surface area contributed by atoms with Crippen LogP contribution in [0, 0.1) is 12.8 Å². The molecule has 2 atom stereocenters. The summed E-state index contributed by atoms with van der Waals surface area (Å²) >= 11 is 0. The van der Waals surface area contributed by atoms with Gasteiger partial charge in [0.05, 0.1) is 0 Å². The summed E-state index contributed by atoms with van der Waals surface area (Å²) < 4.78 is 1.30. The largest absolute Gasteiger partial charge is 0.339 e. The zero-order valence-corrected chi connectivity index (χ0v) is 16.1. The summed E-state index contributed by atoms with van der Waals surface area (Å²) in [6.45, 7) is 4.93. The van der Waals surface area contributed by atoms with Gasteiger partial charge in [-0.05, 0) is 31.2 Å². The second kappa shape index (κ2) is 7.75. The molecule has 148 valence electrons. The first-order chi connectivity index (χ1) is 13.5. The average Bonchev–Trinajstić information content (AvgIpc) is 2.99. The van der Waals surface area contributed by atoms with E-state index in [0.717, 1.165) is 32.5 Å². The summed E-state index contributed by atoms with van der Waals surface area (Å²) in [6.07, 6.45) is 3.70. The van der Waals surface area contributed by atoms with Crippen LogP contribution in [0.5, 0.6) is 0 Å². The number of fused-ring (bicyclic) bond motifs is 4. The second-order valence-corrected chi connectivity index (χ2v) is 8.01. The summed E-state index contributed by atoms with van der Waals surface area (Å²) in [7, 11) is 0. The average molecular weight is 382 g/mol. The van der Waals surface area contributed by atoms with Crippen molar-refractivity contribution in [2.24, 2.45) is 5.92 Å². The summed E-state index contributed by atoms with van der Waals surface area (Å²) in [5.41, 5.74) is 0.783. The molecule has 0 unspecified atom stereocenters. The van der Waals surface area contributed by atoms with Gasteiger partial charge in [-0.15, -0.1) is 0 Å². The third-order valence-corrected chi connectivity index (χ3v) is 5.90. The van der Waals surface area contributed by atoms with Gasteiger partial charge in [0.15, 0.2) is 0 Å². The number of benzene rings is 1. The highest BCUT2D eigenvalue weighted by Gasteiger charge is 2.36. The molecule has 0 radical (unpaired) electrons. The first kappa shape index (κ1) is 18.7. The van der Waals surface area contributed by atoms with Gasteiger partial charge in [0.25, 0.3) is 5.56 Å². The molecule has 0 spiro atoms. The summed E-state index contributed by atoms with van der Waals surface area (Å²) in [5.74, 6) is 0.396. The third-order valence-electron chi connectivity index (χ3n) is 5.90. The van der Waals surface area contributed by atoms with E-state index in [0.29, 0.717) is 24.1 Å². The zero-order valence-electron chi connectivity index (χ0n) is 16.1. The fraction of sp³-hybridized carbons (Fsp3) is 0.476. The van der Waals surface area contributed by atoms with E-state index in [1.807, 2.05) is 11.0 Å². The van der Waals surface area contributed by atoms with Crippen LogP contribution in [0.2, 0.25) is 0 Å². The number of nitrogens with one attached hydrogen (secondary N) is 1. The van der Waals surface area contributed by atoms with E-state index in [-0.39, 0.29) is 12.5 Å². The van der Waals surface area contributed by atoms with Gasteiger partial charge in [0.2, 0.25) is 5.91 Å². The van der Waals surface area contributed by atoms with Crippen molar-refractivity contribution in [2.45, 2.75) is 38.9 Å². The fourth-order valence-electron chi connectivity index (χ4n) is 4.38. The number of aromatic amines is 1. The first-order valence-corrected chi connectivity index (χ1v) is 9.85. The lowest BCUT2D eigenvalue weighted by Crippen LogP contribution is -2.44. The van der Waals surface area contributed by atoms with Crippen LogP contribution in [-0.4, -0.2) is 50.9 Å². The Kier molecular flexibility index (Phi) is 5.17. The van der Waals surface area contributed by atoms with E-state index < -0.39 is 11.2 Å². The molecule has 2 bridgehead atoms. The molecule has 0 saturated carbocycles. The van der Waals surface area contributed by atoms with E-state index >= 15 is 0 Å². The monoisotopic (exact) mass is 382 g/mol. The van der Waals surface area contributed by atoms with Crippen LogP contribution in [0.1, 0.15) is 24.0 Å². The van der Waals surface area contributed by atoms with Gasteiger partial charge < -0.3 is 4.90 Å². The van der Waals surface area contributed by atoms with Crippen molar-refractivity contribution >= 4 is 5.91 Å². The smallest absolute Gasteiger partial charge is 0.328 e. The number of amides is 1. The Balaban J connectivity index is 1.47. The Morgan fingerprint density at radius 3 is 2.68 bits per heavy atom. The van der Waals surface area contributed by atoms with Gasteiger partial charge >= 0.3 is 5.69 Å². The van der Waals surface area contributed by atoms with Crippen LogP contribution in [0.25, 0.3) is 0 Å². The molecule has 3 saturated heterocycles. The van der Waals surface area contributed by atoms with E-state index in [4.69, 9.17) is 0 Å². The van der Waals surface area contributed by atoms with Crippen molar-refractivity contribution in [3.63, 3.8) is 0 Å². The zero-order chi connectivity index (χ0) is 19.7. The molecule has 1 aromatic heterocycles. The lowest BCUT2D eigenvalue weighted by Gasteiger charge is -2.36. The van der Waals surface area contributed by atoms with Crippen LogP contribution < -0.4 is 11.2 Å². The molecule has 7 nitrogen and oxygen atoms in total. The van der Waals surface area contributed by atoms with E-state index in [1.54, 1.807) is 6.92 Å². The Bertz CT molecular complexity index is 966. The lowest BCUT2D eigenvalue weighted by molar-refractivity contribution is -0.132. The van der Waals surface area contributed by atoms with Crippen molar-refractivity contribution in [2.75, 3.05) is 19.6 Å².